The van der Waals surface area contributed by atoms with Crippen molar-refractivity contribution in [3.8, 4) is 0 Å². The number of benzene rings is 1. The van der Waals surface area contributed by atoms with Crippen LogP contribution in [0.5, 0.6) is 0 Å². The third kappa shape index (κ3) is 3.34. The number of rotatable bonds is 10. The number of aliphatic hydroxyl groups is 1. The van der Waals surface area contributed by atoms with Crippen LogP contribution in [0.25, 0.3) is 0 Å². The molecule has 7 nitrogen and oxygen atoms in total. The van der Waals surface area contributed by atoms with Gasteiger partial charge in [-0.25, -0.2) is 0 Å². The second-order valence-corrected chi connectivity index (χ2v) is 5.94. The van der Waals surface area contributed by atoms with E-state index in [9.17, 15) is 5.11 Å². The molecular formula is C17H24O7. The summed E-state index contributed by atoms with van der Waals surface area (Å²) in [6.45, 7) is 0.463. The van der Waals surface area contributed by atoms with Gasteiger partial charge in [0.05, 0.1) is 13.2 Å². The molecule has 5 atom stereocenters. The van der Waals surface area contributed by atoms with Crippen LogP contribution in [0.2, 0.25) is 0 Å². The number of ether oxygens (including phenoxy) is 6. The number of hydrogen-bond donors (Lipinski definition) is 1. The molecule has 2 fully saturated rings. The number of aliphatic hydroxyl groups excluding tert-OH is 1. The summed E-state index contributed by atoms with van der Waals surface area (Å²) >= 11 is 0. The van der Waals surface area contributed by atoms with Gasteiger partial charge in [0.2, 0.25) is 0 Å². The second kappa shape index (κ2) is 7.88. The Morgan fingerprint density at radius 3 is 2.29 bits per heavy atom. The van der Waals surface area contributed by atoms with E-state index in [0.717, 1.165) is 5.56 Å². The lowest BCUT2D eigenvalue weighted by atomic mass is 10.1. The molecule has 7 heteroatoms. The molecule has 0 radical (unpaired) electrons. The van der Waals surface area contributed by atoms with Gasteiger partial charge < -0.3 is 33.5 Å². The molecule has 24 heavy (non-hydrogen) atoms. The monoisotopic (exact) mass is 340 g/mol. The average molecular weight is 340 g/mol. The molecule has 1 saturated carbocycles. The fourth-order valence-electron chi connectivity index (χ4n) is 3.27. The van der Waals surface area contributed by atoms with Crippen LogP contribution in [0.3, 0.4) is 0 Å². The van der Waals surface area contributed by atoms with Gasteiger partial charge in [0.1, 0.15) is 43.6 Å². The zero-order valence-electron chi connectivity index (χ0n) is 13.9. The van der Waals surface area contributed by atoms with E-state index in [1.807, 2.05) is 30.3 Å². The van der Waals surface area contributed by atoms with Gasteiger partial charge in [0.15, 0.2) is 0 Å². The van der Waals surface area contributed by atoms with Crippen LogP contribution in [0.4, 0.5) is 0 Å². The lowest BCUT2D eigenvalue weighted by molar-refractivity contribution is -0.203. The summed E-state index contributed by atoms with van der Waals surface area (Å²) in [6.07, 6.45) is -1.52. The quantitative estimate of drug-likeness (QED) is 0.496. The first kappa shape index (κ1) is 17.8. The first-order valence-electron chi connectivity index (χ1n) is 7.92. The Hall–Kier alpha value is -1.06. The smallest absolute Gasteiger partial charge is 0.149 e. The van der Waals surface area contributed by atoms with E-state index in [2.05, 4.69) is 0 Å². The Kier molecular flexibility index (Phi) is 5.83. The standard InChI is InChI=1S/C17H24O7/c1-19-10-22-13-14(23-11-20-2)16-17(9-18,24-16)15(13)21-8-12-6-4-3-5-7-12/h3-7,13-16,18H,8-11H2,1-2H3/t13-,14-,15-,16+,17-/m1/s1. The fourth-order valence-corrected chi connectivity index (χ4v) is 3.27. The third-order valence-electron chi connectivity index (χ3n) is 4.45. The van der Waals surface area contributed by atoms with Gasteiger partial charge in [-0.1, -0.05) is 30.3 Å². The molecule has 2 aliphatic rings. The molecule has 1 saturated heterocycles. The van der Waals surface area contributed by atoms with Gasteiger partial charge in [0.25, 0.3) is 0 Å². The SMILES string of the molecule is COCO[C@@H]1[C@@H](OCOC)[C@@H]2O[C@]2(CO)[C@@H]1OCc1ccccc1. The number of methoxy groups -OCH3 is 2. The van der Waals surface area contributed by atoms with Crippen LogP contribution in [-0.4, -0.2) is 69.5 Å². The van der Waals surface area contributed by atoms with Crippen LogP contribution in [0.15, 0.2) is 30.3 Å². The van der Waals surface area contributed by atoms with Crippen LogP contribution < -0.4 is 0 Å². The highest BCUT2D eigenvalue weighted by molar-refractivity contribution is 5.23. The molecular weight excluding hydrogens is 316 g/mol. The number of fused-ring (bicyclic) bond motifs is 1. The van der Waals surface area contributed by atoms with E-state index in [0.29, 0.717) is 6.61 Å². The maximum Gasteiger partial charge on any atom is 0.149 e. The summed E-state index contributed by atoms with van der Waals surface area (Å²) in [6, 6.07) is 9.82. The van der Waals surface area contributed by atoms with Crippen molar-refractivity contribution in [3.05, 3.63) is 35.9 Å². The Morgan fingerprint density at radius 2 is 1.67 bits per heavy atom. The van der Waals surface area contributed by atoms with Gasteiger partial charge in [0, 0.05) is 14.2 Å². The molecule has 1 aromatic rings. The Bertz CT molecular complexity index is 511. The summed E-state index contributed by atoms with van der Waals surface area (Å²) < 4.78 is 33.3. The van der Waals surface area contributed by atoms with Crippen molar-refractivity contribution < 1.29 is 33.5 Å². The molecule has 0 bridgehead atoms. The van der Waals surface area contributed by atoms with Crippen LogP contribution in [0.1, 0.15) is 5.56 Å². The largest absolute Gasteiger partial charge is 0.393 e. The average Bonchev–Trinajstić information content (AvgIpc) is 3.30. The number of hydrogen-bond acceptors (Lipinski definition) is 7. The highest BCUT2D eigenvalue weighted by Crippen LogP contribution is 2.53. The highest BCUT2D eigenvalue weighted by Gasteiger charge is 2.75. The summed E-state index contributed by atoms with van der Waals surface area (Å²) in [4.78, 5) is 0. The lowest BCUT2D eigenvalue weighted by Gasteiger charge is -2.29. The molecule has 1 aliphatic carbocycles. The van der Waals surface area contributed by atoms with E-state index < -0.39 is 17.8 Å². The Morgan fingerprint density at radius 1 is 1.00 bits per heavy atom. The summed E-state index contributed by atoms with van der Waals surface area (Å²) in [7, 11) is 3.11. The minimum absolute atomic E-state index is 0.108. The maximum atomic E-state index is 9.84. The first-order valence-corrected chi connectivity index (χ1v) is 7.92. The molecule has 0 aromatic heterocycles. The van der Waals surface area contributed by atoms with Gasteiger partial charge in [-0.2, -0.15) is 0 Å². The van der Waals surface area contributed by atoms with Crippen LogP contribution in [0, 0.1) is 0 Å². The van der Waals surface area contributed by atoms with Crippen molar-refractivity contribution >= 4 is 0 Å². The Labute approximate surface area is 141 Å². The van der Waals surface area contributed by atoms with Gasteiger partial charge >= 0.3 is 0 Å². The minimum Gasteiger partial charge on any atom is -0.393 e. The Balaban J connectivity index is 1.72. The molecule has 1 heterocycles. The van der Waals surface area contributed by atoms with Gasteiger partial charge in [-0.15, -0.1) is 0 Å². The first-order chi connectivity index (χ1) is 11.8. The van der Waals surface area contributed by atoms with Crippen LogP contribution in [-0.2, 0) is 35.0 Å². The van der Waals surface area contributed by atoms with Crippen molar-refractivity contribution in [2.45, 2.75) is 36.6 Å². The molecule has 0 amide bonds. The van der Waals surface area contributed by atoms with E-state index >= 15 is 0 Å². The second-order valence-electron chi connectivity index (χ2n) is 5.94. The zero-order valence-corrected chi connectivity index (χ0v) is 13.9. The zero-order chi connectivity index (χ0) is 17.0. The van der Waals surface area contributed by atoms with Crippen molar-refractivity contribution in [1.29, 1.82) is 0 Å². The van der Waals surface area contributed by atoms with E-state index in [-0.39, 0.29) is 32.4 Å². The normalized spacial score (nSPS) is 34.3. The molecule has 134 valence electrons. The van der Waals surface area contributed by atoms with Crippen molar-refractivity contribution in [3.63, 3.8) is 0 Å². The third-order valence-corrected chi connectivity index (χ3v) is 4.45. The maximum absolute atomic E-state index is 9.84. The minimum atomic E-state index is -0.786. The van der Waals surface area contributed by atoms with E-state index in [1.54, 1.807) is 14.2 Å². The molecule has 1 aromatic carbocycles. The van der Waals surface area contributed by atoms with Crippen molar-refractivity contribution in [2.75, 3.05) is 34.4 Å². The van der Waals surface area contributed by atoms with Crippen molar-refractivity contribution in [2.24, 2.45) is 0 Å². The summed E-state index contributed by atoms with van der Waals surface area (Å²) in [5.74, 6) is 0. The topological polar surface area (TPSA) is 78.9 Å². The molecule has 0 unspecified atom stereocenters. The van der Waals surface area contributed by atoms with E-state index in [1.165, 1.54) is 0 Å². The van der Waals surface area contributed by atoms with E-state index in [4.69, 9.17) is 28.4 Å². The molecule has 1 N–H and O–H groups in total. The van der Waals surface area contributed by atoms with Crippen molar-refractivity contribution in [1.82, 2.24) is 0 Å². The predicted octanol–water partition coefficient (Wildman–Crippen LogP) is 0.694. The highest BCUT2D eigenvalue weighted by atomic mass is 16.7. The number of epoxide rings is 1. The fraction of sp³-hybridized carbons (Fsp3) is 0.647. The molecule has 1 aliphatic heterocycles. The predicted molar refractivity (Wildman–Crippen MR) is 83.2 cm³/mol. The van der Waals surface area contributed by atoms with Crippen LogP contribution >= 0.6 is 0 Å². The lowest BCUT2D eigenvalue weighted by Crippen LogP contribution is -2.45. The molecule has 0 spiro atoms. The van der Waals surface area contributed by atoms with Gasteiger partial charge in [-0.05, 0) is 5.56 Å². The van der Waals surface area contributed by atoms with Gasteiger partial charge in [-0.3, -0.25) is 0 Å². The summed E-state index contributed by atoms with van der Waals surface area (Å²) in [5.41, 5.74) is 0.250. The summed E-state index contributed by atoms with van der Waals surface area (Å²) in [5, 5.41) is 9.84. The molecule has 3 rings (SSSR count).